The number of nitrogens with one attached hydrogen (secondary N) is 3. The Morgan fingerprint density at radius 1 is 1.18 bits per heavy atom. The molecule has 0 bridgehead atoms. The number of urea groups is 1. The molecule has 0 radical (unpaired) electrons. The lowest BCUT2D eigenvalue weighted by Gasteiger charge is -2.23. The fourth-order valence-electron chi connectivity index (χ4n) is 4.06. The lowest BCUT2D eigenvalue weighted by molar-refractivity contribution is 0.259. The van der Waals surface area contributed by atoms with E-state index < -0.39 is 6.03 Å². The molecule has 1 unspecified atom stereocenters. The number of ether oxygens (including phenoxy) is 1. The van der Waals surface area contributed by atoms with Gasteiger partial charge in [0, 0.05) is 29.6 Å². The van der Waals surface area contributed by atoms with Crippen LogP contribution in [0.3, 0.4) is 0 Å². The molecule has 1 fully saturated rings. The quantitative estimate of drug-likeness (QED) is 0.323. The van der Waals surface area contributed by atoms with Crippen LogP contribution >= 0.6 is 11.3 Å². The van der Waals surface area contributed by atoms with Gasteiger partial charge in [0.25, 0.3) is 0 Å². The van der Waals surface area contributed by atoms with Crippen LogP contribution in [-0.4, -0.2) is 40.1 Å². The van der Waals surface area contributed by atoms with Crippen molar-refractivity contribution in [2.75, 3.05) is 23.7 Å². The van der Waals surface area contributed by atoms with Gasteiger partial charge in [-0.05, 0) is 44.5 Å². The second-order valence-electron chi connectivity index (χ2n) is 8.07. The molecular formula is C24H25N7O2S. The van der Waals surface area contributed by atoms with Crippen LogP contribution in [0.5, 0.6) is 11.6 Å². The van der Waals surface area contributed by atoms with Crippen molar-refractivity contribution < 1.29 is 9.53 Å². The molecule has 9 nitrogen and oxygen atoms in total. The molecule has 0 aliphatic carbocycles. The molecule has 2 amide bonds. The average molecular weight is 476 g/mol. The minimum Gasteiger partial charge on any atom is -0.437 e. The largest absolute Gasteiger partial charge is 0.437 e. The molecule has 1 saturated heterocycles. The number of hydrogen-bond acceptors (Lipinski definition) is 8. The lowest BCUT2D eigenvalue weighted by Crippen LogP contribution is -2.38. The molecule has 34 heavy (non-hydrogen) atoms. The van der Waals surface area contributed by atoms with Crippen molar-refractivity contribution in [1.29, 1.82) is 0 Å². The van der Waals surface area contributed by atoms with Gasteiger partial charge in [0.15, 0.2) is 0 Å². The molecule has 5 N–H and O–H groups in total. The third-order valence-electron chi connectivity index (χ3n) is 5.57. The van der Waals surface area contributed by atoms with Crippen molar-refractivity contribution in [2.24, 2.45) is 5.73 Å². The Labute approximate surface area is 200 Å². The van der Waals surface area contributed by atoms with Gasteiger partial charge in [-0.1, -0.05) is 24.3 Å². The molecule has 4 aromatic rings. The first-order chi connectivity index (χ1) is 16.6. The Hall–Kier alpha value is -3.76. The summed E-state index contributed by atoms with van der Waals surface area (Å²) in [6.45, 7) is 3.89. The Morgan fingerprint density at radius 2 is 2.03 bits per heavy atom. The summed E-state index contributed by atoms with van der Waals surface area (Å²) in [4.78, 5) is 26.0. The number of carbonyl (C=O) groups is 1. The van der Waals surface area contributed by atoms with Crippen molar-refractivity contribution >= 4 is 39.8 Å². The Morgan fingerprint density at radius 3 is 2.82 bits per heavy atom. The van der Waals surface area contributed by atoms with Gasteiger partial charge in [0.1, 0.15) is 10.6 Å². The van der Waals surface area contributed by atoms with Gasteiger partial charge in [0.2, 0.25) is 11.8 Å². The summed E-state index contributed by atoms with van der Waals surface area (Å²) in [5.74, 6) is 1.70. The maximum atomic E-state index is 11.4. The second kappa shape index (κ2) is 9.62. The molecule has 174 valence electrons. The molecule has 0 saturated carbocycles. The Bertz CT molecular complexity index is 1330. The number of nitrogens with zero attached hydrogens (tertiary/aromatic N) is 3. The Balaban J connectivity index is 1.46. The highest BCUT2D eigenvalue weighted by molar-refractivity contribution is 7.15. The number of thiazole rings is 1. The number of hydrogen-bond donors (Lipinski definition) is 4. The predicted octanol–water partition coefficient (Wildman–Crippen LogP) is 4.51. The van der Waals surface area contributed by atoms with Crippen LogP contribution in [0, 0.1) is 6.92 Å². The van der Waals surface area contributed by atoms with Gasteiger partial charge in [0.05, 0.1) is 16.4 Å². The number of nitrogens with two attached hydrogens (primary N) is 1. The van der Waals surface area contributed by atoms with Crippen LogP contribution in [0.15, 0.2) is 48.7 Å². The molecule has 1 aliphatic heterocycles. The maximum absolute atomic E-state index is 11.4. The first kappa shape index (κ1) is 22.1. The molecule has 5 rings (SSSR count). The van der Waals surface area contributed by atoms with Crippen molar-refractivity contribution in [2.45, 2.75) is 25.8 Å². The van der Waals surface area contributed by atoms with E-state index >= 15 is 0 Å². The van der Waals surface area contributed by atoms with Crippen LogP contribution in [-0.2, 0) is 0 Å². The highest BCUT2D eigenvalue weighted by atomic mass is 32.1. The average Bonchev–Trinajstić information content (AvgIpc) is 3.21. The highest BCUT2D eigenvalue weighted by Gasteiger charge is 2.19. The molecular weight excluding hydrogens is 450 g/mol. The summed E-state index contributed by atoms with van der Waals surface area (Å²) in [5.41, 5.74) is 6.69. The summed E-state index contributed by atoms with van der Waals surface area (Å²) in [7, 11) is 0. The van der Waals surface area contributed by atoms with Gasteiger partial charge in [-0.2, -0.15) is 0 Å². The summed E-state index contributed by atoms with van der Waals surface area (Å²) in [6.07, 6.45) is 3.97. The fourth-order valence-corrected chi connectivity index (χ4v) is 4.87. The van der Waals surface area contributed by atoms with Crippen LogP contribution in [0.4, 0.5) is 16.4 Å². The van der Waals surface area contributed by atoms with E-state index in [1.165, 1.54) is 11.3 Å². The number of fused-ring (bicyclic) bond motifs is 1. The number of benzene rings is 2. The van der Waals surface area contributed by atoms with Crippen LogP contribution in [0.2, 0.25) is 0 Å². The highest BCUT2D eigenvalue weighted by Crippen LogP contribution is 2.40. The minimum atomic E-state index is -0.617. The number of aryl methyl sites for hydroxylation is 1. The van der Waals surface area contributed by atoms with Gasteiger partial charge < -0.3 is 26.4 Å². The minimum absolute atomic E-state index is 0.307. The lowest BCUT2D eigenvalue weighted by atomic mass is 10.1. The smallest absolute Gasteiger partial charge is 0.316 e. The second-order valence-corrected chi connectivity index (χ2v) is 9.27. The van der Waals surface area contributed by atoms with E-state index in [9.17, 15) is 4.79 Å². The van der Waals surface area contributed by atoms with E-state index in [-0.39, 0.29) is 0 Å². The van der Waals surface area contributed by atoms with Crippen molar-refractivity contribution in [3.05, 3.63) is 53.7 Å². The topological polar surface area (TPSA) is 127 Å². The van der Waals surface area contributed by atoms with Gasteiger partial charge in [-0.15, -0.1) is 11.3 Å². The van der Waals surface area contributed by atoms with E-state index in [0.717, 1.165) is 52.3 Å². The number of amides is 2. The summed E-state index contributed by atoms with van der Waals surface area (Å²) >= 11 is 1.52. The zero-order valence-electron chi connectivity index (χ0n) is 18.7. The molecule has 1 atom stereocenters. The summed E-state index contributed by atoms with van der Waals surface area (Å²) < 4.78 is 6.31. The molecule has 2 aromatic heterocycles. The standard InChI is InChI=1S/C24H25N7O2S/c1-14-28-22(33-20-9-8-18(30-23(25)32)16-6-2-3-7-17(16)20)21(34-14)19-10-12-27-24(31-19)29-15-5-4-11-26-13-15/h2-3,6-10,12,15,26H,4-5,11,13H2,1H3,(H3,25,30,32)(H,27,29,31). The number of primary amides is 1. The molecule has 10 heteroatoms. The van der Waals surface area contributed by atoms with Crippen molar-refractivity contribution in [3.63, 3.8) is 0 Å². The molecule has 3 heterocycles. The fraction of sp³-hybridized carbons (Fsp3) is 0.250. The van der Waals surface area contributed by atoms with E-state index in [1.54, 1.807) is 18.3 Å². The predicted molar refractivity (Wildman–Crippen MR) is 135 cm³/mol. The normalized spacial score (nSPS) is 15.7. The van der Waals surface area contributed by atoms with Crippen LogP contribution < -0.4 is 26.4 Å². The van der Waals surface area contributed by atoms with Crippen LogP contribution in [0.1, 0.15) is 17.8 Å². The van der Waals surface area contributed by atoms with Gasteiger partial charge in [-0.3, -0.25) is 0 Å². The first-order valence-corrected chi connectivity index (χ1v) is 11.9. The summed E-state index contributed by atoms with van der Waals surface area (Å²) in [5, 5.41) is 12.0. The number of anilines is 2. The number of aromatic nitrogens is 3. The monoisotopic (exact) mass is 475 g/mol. The van der Waals surface area contributed by atoms with Gasteiger partial charge in [-0.25, -0.2) is 19.7 Å². The van der Waals surface area contributed by atoms with E-state index in [2.05, 4.69) is 25.9 Å². The van der Waals surface area contributed by atoms with Gasteiger partial charge >= 0.3 is 6.03 Å². The number of carbonyl (C=O) groups excluding carboxylic acids is 1. The van der Waals surface area contributed by atoms with E-state index in [1.807, 2.05) is 37.3 Å². The SMILES string of the molecule is Cc1nc(Oc2ccc(NC(N)=O)c3ccccc23)c(-c2ccnc(NC3CCCNC3)n2)s1. The van der Waals surface area contributed by atoms with E-state index in [0.29, 0.717) is 29.3 Å². The maximum Gasteiger partial charge on any atom is 0.316 e. The molecule has 2 aromatic carbocycles. The van der Waals surface area contributed by atoms with Crippen molar-refractivity contribution in [1.82, 2.24) is 20.3 Å². The zero-order valence-corrected chi connectivity index (χ0v) is 19.5. The summed E-state index contributed by atoms with van der Waals surface area (Å²) in [6, 6.07) is 12.8. The Kier molecular flexibility index (Phi) is 6.24. The molecule has 1 aliphatic rings. The third-order valence-corrected chi connectivity index (χ3v) is 6.54. The third kappa shape index (κ3) is 4.78. The number of piperidine rings is 1. The first-order valence-electron chi connectivity index (χ1n) is 11.1. The zero-order chi connectivity index (χ0) is 23.5. The molecule has 0 spiro atoms. The van der Waals surface area contributed by atoms with Crippen LogP contribution in [0.25, 0.3) is 21.3 Å². The number of rotatable bonds is 6. The van der Waals surface area contributed by atoms with E-state index in [4.69, 9.17) is 15.5 Å². The van der Waals surface area contributed by atoms with Crippen molar-refractivity contribution in [3.8, 4) is 22.2 Å².